The molecule has 2 aromatic rings. The van der Waals surface area contributed by atoms with Crippen molar-refractivity contribution < 1.29 is 9.47 Å². The Labute approximate surface area is 171 Å². The Hall–Kier alpha value is -3.08. The zero-order valence-corrected chi connectivity index (χ0v) is 16.8. The van der Waals surface area contributed by atoms with Crippen LogP contribution in [0.2, 0.25) is 0 Å². The standard InChI is InChI=1S/C22H27N5O2/c1-5-15-11-27(12-16(6-2)29-15)21-10-20(25-13-26-21)22(24)18-9-17(28-14(3)4)7-8-19(18)23/h1,6-10,13-16,22H,2,11-12,23-24H2,3-4H3. The van der Waals surface area contributed by atoms with Gasteiger partial charge < -0.3 is 25.8 Å². The summed E-state index contributed by atoms with van der Waals surface area (Å²) in [6.07, 6.45) is 8.35. The SMILES string of the molecule is C#CC1CN(c2cc(C(N)c3cc(OC(C)C)ccc3N)ncn2)CC(C=C)O1. The second-order valence-corrected chi connectivity index (χ2v) is 7.21. The summed E-state index contributed by atoms with van der Waals surface area (Å²) in [4.78, 5) is 10.8. The number of ether oxygens (including phenoxy) is 2. The van der Waals surface area contributed by atoms with E-state index in [4.69, 9.17) is 27.4 Å². The highest BCUT2D eigenvalue weighted by molar-refractivity contribution is 5.54. The Morgan fingerprint density at radius 2 is 2.14 bits per heavy atom. The van der Waals surface area contributed by atoms with Crippen molar-refractivity contribution >= 4 is 11.5 Å². The van der Waals surface area contributed by atoms with Gasteiger partial charge in [-0.1, -0.05) is 12.0 Å². The number of benzene rings is 1. The first-order valence-electron chi connectivity index (χ1n) is 9.54. The number of hydrogen-bond acceptors (Lipinski definition) is 7. The second-order valence-electron chi connectivity index (χ2n) is 7.21. The highest BCUT2D eigenvalue weighted by Crippen LogP contribution is 2.29. The smallest absolute Gasteiger partial charge is 0.136 e. The summed E-state index contributed by atoms with van der Waals surface area (Å²) in [6, 6.07) is 6.83. The van der Waals surface area contributed by atoms with Crippen molar-refractivity contribution in [2.24, 2.45) is 5.73 Å². The Bertz CT molecular complexity index is 908. The van der Waals surface area contributed by atoms with Gasteiger partial charge in [-0.2, -0.15) is 0 Å². The Morgan fingerprint density at radius 1 is 1.34 bits per heavy atom. The third-order valence-corrected chi connectivity index (χ3v) is 4.66. The summed E-state index contributed by atoms with van der Waals surface area (Å²) in [5, 5.41) is 0. The first kappa shape index (κ1) is 20.6. The second kappa shape index (κ2) is 8.95. The number of morpholine rings is 1. The van der Waals surface area contributed by atoms with Gasteiger partial charge >= 0.3 is 0 Å². The van der Waals surface area contributed by atoms with Gasteiger partial charge in [0.2, 0.25) is 0 Å². The highest BCUT2D eigenvalue weighted by Gasteiger charge is 2.26. The molecule has 7 nitrogen and oxygen atoms in total. The first-order valence-corrected chi connectivity index (χ1v) is 9.54. The van der Waals surface area contributed by atoms with Gasteiger partial charge in [0.15, 0.2) is 0 Å². The van der Waals surface area contributed by atoms with Gasteiger partial charge in [0.05, 0.1) is 30.5 Å². The molecule has 3 atom stereocenters. The average molecular weight is 393 g/mol. The van der Waals surface area contributed by atoms with Crippen LogP contribution in [0, 0.1) is 12.3 Å². The zero-order chi connectivity index (χ0) is 21.0. The number of aromatic nitrogens is 2. The van der Waals surface area contributed by atoms with E-state index >= 15 is 0 Å². The molecule has 0 saturated carbocycles. The lowest BCUT2D eigenvalue weighted by Gasteiger charge is -2.35. The number of rotatable bonds is 6. The molecule has 1 saturated heterocycles. The number of nitrogens with zero attached hydrogens (tertiary/aromatic N) is 3. The van der Waals surface area contributed by atoms with E-state index in [0.717, 1.165) is 11.4 Å². The quantitative estimate of drug-likeness (QED) is 0.441. The fourth-order valence-corrected chi connectivity index (χ4v) is 3.23. The van der Waals surface area contributed by atoms with E-state index in [1.165, 1.54) is 6.33 Å². The van der Waals surface area contributed by atoms with E-state index in [2.05, 4.69) is 27.4 Å². The summed E-state index contributed by atoms with van der Waals surface area (Å²) in [6.45, 7) is 8.88. The van der Waals surface area contributed by atoms with Crippen molar-refractivity contribution in [1.29, 1.82) is 0 Å². The molecule has 1 aromatic carbocycles. The van der Waals surface area contributed by atoms with E-state index in [1.54, 1.807) is 12.1 Å². The number of nitrogens with two attached hydrogens (primary N) is 2. The molecule has 7 heteroatoms. The maximum absolute atomic E-state index is 6.50. The van der Waals surface area contributed by atoms with E-state index in [0.29, 0.717) is 30.2 Å². The molecular formula is C22H27N5O2. The lowest BCUT2D eigenvalue weighted by Crippen LogP contribution is -2.47. The molecule has 0 amide bonds. The fourth-order valence-electron chi connectivity index (χ4n) is 3.23. The summed E-state index contributed by atoms with van der Waals surface area (Å²) in [5.74, 6) is 4.10. The monoisotopic (exact) mass is 393 g/mol. The van der Waals surface area contributed by atoms with Crippen LogP contribution in [0.4, 0.5) is 11.5 Å². The fraction of sp³-hybridized carbons (Fsp3) is 0.364. The molecule has 1 aliphatic heterocycles. The lowest BCUT2D eigenvalue weighted by molar-refractivity contribution is 0.0319. The van der Waals surface area contributed by atoms with Crippen molar-refractivity contribution in [2.45, 2.75) is 38.2 Å². The van der Waals surface area contributed by atoms with Crippen LogP contribution in [0.5, 0.6) is 5.75 Å². The highest BCUT2D eigenvalue weighted by atomic mass is 16.5. The molecule has 1 aromatic heterocycles. The topological polar surface area (TPSA) is 99.5 Å². The molecule has 152 valence electrons. The molecule has 0 aliphatic carbocycles. The maximum atomic E-state index is 6.50. The van der Waals surface area contributed by atoms with Crippen LogP contribution in [0.3, 0.4) is 0 Å². The van der Waals surface area contributed by atoms with Crippen LogP contribution in [0.1, 0.15) is 31.1 Å². The predicted octanol–water partition coefficient (Wildman–Crippen LogP) is 2.29. The van der Waals surface area contributed by atoms with Crippen molar-refractivity contribution in [3.8, 4) is 18.1 Å². The van der Waals surface area contributed by atoms with E-state index in [9.17, 15) is 0 Å². The molecule has 3 unspecified atom stereocenters. The number of terminal acetylenes is 1. The number of nitrogen functional groups attached to an aromatic ring is 1. The van der Waals surface area contributed by atoms with Crippen LogP contribution in [0.15, 0.2) is 43.2 Å². The summed E-state index contributed by atoms with van der Waals surface area (Å²) >= 11 is 0. The van der Waals surface area contributed by atoms with Crippen LogP contribution in [-0.4, -0.2) is 41.4 Å². The number of anilines is 2. The molecule has 2 heterocycles. The van der Waals surface area contributed by atoms with E-state index in [1.807, 2.05) is 32.0 Å². The van der Waals surface area contributed by atoms with Crippen molar-refractivity contribution in [2.75, 3.05) is 23.7 Å². The molecule has 0 bridgehead atoms. The molecule has 0 spiro atoms. The van der Waals surface area contributed by atoms with Gasteiger partial charge in [-0.15, -0.1) is 13.0 Å². The predicted molar refractivity (Wildman–Crippen MR) is 115 cm³/mol. The Balaban J connectivity index is 1.87. The minimum absolute atomic E-state index is 0.0524. The van der Waals surface area contributed by atoms with Crippen LogP contribution < -0.4 is 21.1 Å². The largest absolute Gasteiger partial charge is 0.491 e. The van der Waals surface area contributed by atoms with E-state index < -0.39 is 6.04 Å². The van der Waals surface area contributed by atoms with E-state index in [-0.39, 0.29) is 18.3 Å². The van der Waals surface area contributed by atoms with Crippen LogP contribution in [-0.2, 0) is 4.74 Å². The third kappa shape index (κ3) is 4.86. The summed E-state index contributed by atoms with van der Waals surface area (Å²) in [7, 11) is 0. The van der Waals surface area contributed by atoms with Gasteiger partial charge in [0.1, 0.15) is 24.0 Å². The molecule has 3 rings (SSSR count). The molecule has 0 radical (unpaired) electrons. The van der Waals surface area contributed by atoms with Crippen LogP contribution in [0.25, 0.3) is 0 Å². The Kier molecular flexibility index (Phi) is 6.37. The van der Waals surface area contributed by atoms with Gasteiger partial charge in [-0.3, -0.25) is 0 Å². The normalized spacial score (nSPS) is 20.2. The zero-order valence-electron chi connectivity index (χ0n) is 16.8. The minimum Gasteiger partial charge on any atom is -0.491 e. The molecule has 4 N–H and O–H groups in total. The molecule has 1 aliphatic rings. The first-order chi connectivity index (χ1) is 13.9. The summed E-state index contributed by atoms with van der Waals surface area (Å²) in [5.41, 5.74) is 14.7. The number of hydrogen-bond donors (Lipinski definition) is 2. The molecular weight excluding hydrogens is 366 g/mol. The Morgan fingerprint density at radius 3 is 2.83 bits per heavy atom. The van der Waals surface area contributed by atoms with Gasteiger partial charge in [0, 0.05) is 23.9 Å². The van der Waals surface area contributed by atoms with Crippen molar-refractivity contribution in [1.82, 2.24) is 9.97 Å². The summed E-state index contributed by atoms with van der Waals surface area (Å²) < 4.78 is 11.5. The average Bonchev–Trinajstić information content (AvgIpc) is 2.73. The molecule has 29 heavy (non-hydrogen) atoms. The molecule has 1 fully saturated rings. The third-order valence-electron chi connectivity index (χ3n) is 4.66. The maximum Gasteiger partial charge on any atom is 0.136 e. The van der Waals surface area contributed by atoms with Crippen molar-refractivity contribution in [3.63, 3.8) is 0 Å². The lowest BCUT2D eigenvalue weighted by atomic mass is 10.0. The van der Waals surface area contributed by atoms with Crippen LogP contribution >= 0.6 is 0 Å². The van der Waals surface area contributed by atoms with Gasteiger partial charge in [-0.25, -0.2) is 9.97 Å². The van der Waals surface area contributed by atoms with Crippen molar-refractivity contribution in [3.05, 3.63) is 54.5 Å². The minimum atomic E-state index is -0.521. The van der Waals surface area contributed by atoms with Gasteiger partial charge in [-0.05, 0) is 32.0 Å². The van der Waals surface area contributed by atoms with Gasteiger partial charge in [0.25, 0.3) is 0 Å².